The summed E-state index contributed by atoms with van der Waals surface area (Å²) in [5.41, 5.74) is 0.0290. The van der Waals surface area contributed by atoms with Gasteiger partial charge >= 0.3 is 5.97 Å². The number of carbonyl (C=O) groups excluding carboxylic acids is 1. The minimum absolute atomic E-state index is 0.0290. The number of carbonyl (C=O) groups is 1. The van der Waals surface area contributed by atoms with E-state index in [0.29, 0.717) is 19.6 Å². The van der Waals surface area contributed by atoms with Crippen molar-refractivity contribution in [3.8, 4) is 0 Å². The second-order valence-electron chi connectivity index (χ2n) is 4.77. The van der Waals surface area contributed by atoms with Gasteiger partial charge < -0.3 is 19.5 Å². The average Bonchev–Trinajstić information content (AvgIpc) is 2.73. The fourth-order valence-corrected chi connectivity index (χ4v) is 2.55. The predicted molar refractivity (Wildman–Crippen MR) is 61.8 cm³/mol. The predicted octanol–water partition coefficient (Wildman–Crippen LogP) is 0.477. The molecule has 2 rings (SSSR count). The SMILES string of the molecule is COC(=O)CCOC1COC2(CCNCC2)C1. The number of esters is 1. The molecule has 1 N–H and O–H groups in total. The van der Waals surface area contributed by atoms with Gasteiger partial charge in [-0.25, -0.2) is 0 Å². The van der Waals surface area contributed by atoms with Crippen molar-refractivity contribution in [1.82, 2.24) is 5.32 Å². The Morgan fingerprint density at radius 2 is 2.24 bits per heavy atom. The van der Waals surface area contributed by atoms with Crippen LogP contribution >= 0.6 is 0 Å². The van der Waals surface area contributed by atoms with E-state index in [4.69, 9.17) is 9.47 Å². The van der Waals surface area contributed by atoms with Crippen molar-refractivity contribution in [2.24, 2.45) is 0 Å². The van der Waals surface area contributed by atoms with Gasteiger partial charge in [0.2, 0.25) is 0 Å². The van der Waals surface area contributed by atoms with Crippen LogP contribution < -0.4 is 5.32 Å². The maximum Gasteiger partial charge on any atom is 0.307 e. The summed E-state index contributed by atoms with van der Waals surface area (Å²) in [6.45, 7) is 3.12. The Morgan fingerprint density at radius 1 is 1.47 bits per heavy atom. The molecule has 2 aliphatic heterocycles. The fraction of sp³-hybridized carbons (Fsp3) is 0.917. The van der Waals surface area contributed by atoms with Crippen molar-refractivity contribution in [1.29, 1.82) is 0 Å². The molecule has 0 aromatic heterocycles. The Hall–Kier alpha value is -0.650. The summed E-state index contributed by atoms with van der Waals surface area (Å²) < 4.78 is 16.1. The molecule has 0 aromatic carbocycles. The lowest BCUT2D eigenvalue weighted by Crippen LogP contribution is -2.41. The summed E-state index contributed by atoms with van der Waals surface area (Å²) in [5.74, 6) is -0.222. The van der Waals surface area contributed by atoms with Crippen LogP contribution in [-0.4, -0.2) is 51.1 Å². The number of piperidine rings is 1. The van der Waals surface area contributed by atoms with Crippen molar-refractivity contribution in [3.63, 3.8) is 0 Å². The van der Waals surface area contributed by atoms with E-state index in [1.165, 1.54) is 7.11 Å². The van der Waals surface area contributed by atoms with Crippen molar-refractivity contribution in [2.45, 2.75) is 37.4 Å². The number of methoxy groups -OCH3 is 1. The zero-order valence-corrected chi connectivity index (χ0v) is 10.4. The van der Waals surface area contributed by atoms with E-state index in [-0.39, 0.29) is 17.7 Å². The fourth-order valence-electron chi connectivity index (χ4n) is 2.55. The molecular weight excluding hydrogens is 222 g/mol. The summed E-state index contributed by atoms with van der Waals surface area (Å²) in [4.78, 5) is 10.9. The molecule has 0 radical (unpaired) electrons. The lowest BCUT2D eigenvalue weighted by atomic mass is 9.89. The average molecular weight is 243 g/mol. The number of ether oxygens (including phenoxy) is 3. The first-order valence-electron chi connectivity index (χ1n) is 6.27. The van der Waals surface area contributed by atoms with Gasteiger partial charge in [0, 0.05) is 6.42 Å². The maximum atomic E-state index is 10.9. The molecule has 1 atom stereocenters. The number of hydrogen-bond acceptors (Lipinski definition) is 5. The molecule has 0 aromatic rings. The first kappa shape index (κ1) is 12.8. The van der Waals surface area contributed by atoms with Crippen LogP contribution in [0.3, 0.4) is 0 Å². The molecular formula is C12H21NO4. The van der Waals surface area contributed by atoms with Crippen molar-refractivity contribution >= 4 is 5.97 Å². The van der Waals surface area contributed by atoms with Crippen molar-refractivity contribution < 1.29 is 19.0 Å². The minimum Gasteiger partial charge on any atom is -0.469 e. The molecule has 0 saturated carbocycles. The Balaban J connectivity index is 1.68. The normalized spacial score (nSPS) is 27.2. The third-order valence-electron chi connectivity index (χ3n) is 3.58. The van der Waals surface area contributed by atoms with Gasteiger partial charge in [0.1, 0.15) is 0 Å². The van der Waals surface area contributed by atoms with Crippen LogP contribution in [0.2, 0.25) is 0 Å². The molecule has 2 fully saturated rings. The highest BCUT2D eigenvalue weighted by atomic mass is 16.6. The van der Waals surface area contributed by atoms with Crippen LogP contribution in [0.15, 0.2) is 0 Å². The zero-order valence-electron chi connectivity index (χ0n) is 10.4. The Kier molecular flexibility index (Phi) is 4.36. The second kappa shape index (κ2) is 5.80. The van der Waals surface area contributed by atoms with Crippen LogP contribution in [0, 0.1) is 0 Å². The van der Waals surface area contributed by atoms with Gasteiger partial charge in [-0.2, -0.15) is 0 Å². The largest absolute Gasteiger partial charge is 0.469 e. The molecule has 17 heavy (non-hydrogen) atoms. The second-order valence-corrected chi connectivity index (χ2v) is 4.77. The smallest absolute Gasteiger partial charge is 0.307 e. The van der Waals surface area contributed by atoms with Crippen molar-refractivity contribution in [2.75, 3.05) is 33.4 Å². The molecule has 2 aliphatic rings. The zero-order chi connectivity index (χ0) is 12.1. The Morgan fingerprint density at radius 3 is 2.94 bits per heavy atom. The van der Waals surface area contributed by atoms with E-state index >= 15 is 0 Å². The topological polar surface area (TPSA) is 56.8 Å². The lowest BCUT2D eigenvalue weighted by molar-refractivity contribution is -0.142. The molecule has 5 nitrogen and oxygen atoms in total. The highest BCUT2D eigenvalue weighted by Crippen LogP contribution is 2.35. The summed E-state index contributed by atoms with van der Waals surface area (Å²) in [6.07, 6.45) is 3.53. The highest BCUT2D eigenvalue weighted by Gasteiger charge is 2.41. The summed E-state index contributed by atoms with van der Waals surface area (Å²) in [7, 11) is 1.39. The molecule has 98 valence electrons. The van der Waals surface area contributed by atoms with E-state index < -0.39 is 0 Å². The number of hydrogen-bond donors (Lipinski definition) is 1. The third-order valence-corrected chi connectivity index (χ3v) is 3.58. The highest BCUT2D eigenvalue weighted by molar-refractivity contribution is 5.69. The first-order chi connectivity index (χ1) is 8.24. The number of nitrogens with one attached hydrogen (secondary N) is 1. The van der Waals surface area contributed by atoms with E-state index in [1.807, 2.05) is 0 Å². The van der Waals surface area contributed by atoms with Crippen LogP contribution in [-0.2, 0) is 19.0 Å². The maximum absolute atomic E-state index is 10.9. The molecule has 1 spiro atoms. The van der Waals surface area contributed by atoms with E-state index in [2.05, 4.69) is 10.1 Å². The summed E-state index contributed by atoms with van der Waals surface area (Å²) in [5, 5.41) is 3.33. The van der Waals surface area contributed by atoms with Gasteiger partial charge in [-0.1, -0.05) is 0 Å². The van der Waals surface area contributed by atoms with Crippen LogP contribution in [0.25, 0.3) is 0 Å². The molecule has 0 amide bonds. The molecule has 0 aliphatic carbocycles. The summed E-state index contributed by atoms with van der Waals surface area (Å²) >= 11 is 0. The molecule has 2 saturated heterocycles. The van der Waals surface area contributed by atoms with Crippen LogP contribution in [0.5, 0.6) is 0 Å². The molecule has 2 heterocycles. The lowest BCUT2D eigenvalue weighted by Gasteiger charge is -2.32. The summed E-state index contributed by atoms with van der Waals surface area (Å²) in [6, 6.07) is 0. The molecule has 5 heteroatoms. The first-order valence-corrected chi connectivity index (χ1v) is 6.27. The Bertz CT molecular complexity index is 263. The van der Waals surface area contributed by atoms with Gasteiger partial charge in [0.05, 0.1) is 38.4 Å². The van der Waals surface area contributed by atoms with E-state index in [0.717, 1.165) is 32.4 Å². The van der Waals surface area contributed by atoms with E-state index in [9.17, 15) is 4.79 Å². The van der Waals surface area contributed by atoms with Gasteiger partial charge in [0.15, 0.2) is 0 Å². The standard InChI is InChI=1S/C12H21NO4/c1-15-11(14)2-7-16-10-8-12(17-9-10)3-5-13-6-4-12/h10,13H,2-9H2,1H3. The van der Waals surface area contributed by atoms with Crippen molar-refractivity contribution in [3.05, 3.63) is 0 Å². The van der Waals surface area contributed by atoms with Gasteiger partial charge in [-0.15, -0.1) is 0 Å². The van der Waals surface area contributed by atoms with Crippen LogP contribution in [0.4, 0.5) is 0 Å². The third kappa shape index (κ3) is 3.40. The monoisotopic (exact) mass is 243 g/mol. The van der Waals surface area contributed by atoms with E-state index in [1.54, 1.807) is 0 Å². The number of rotatable bonds is 4. The van der Waals surface area contributed by atoms with Gasteiger partial charge in [-0.3, -0.25) is 4.79 Å². The quantitative estimate of drug-likeness (QED) is 0.728. The van der Waals surface area contributed by atoms with Crippen LogP contribution in [0.1, 0.15) is 25.7 Å². The Labute approximate surface area is 102 Å². The minimum atomic E-state index is -0.222. The van der Waals surface area contributed by atoms with Gasteiger partial charge in [-0.05, 0) is 25.9 Å². The molecule has 0 bridgehead atoms. The van der Waals surface area contributed by atoms with Gasteiger partial charge in [0.25, 0.3) is 0 Å². The molecule has 1 unspecified atom stereocenters.